The largest absolute Gasteiger partial charge is 0.335 e. The third-order valence-corrected chi connectivity index (χ3v) is 5.41. The molecule has 3 heteroatoms. The predicted octanol–water partition coefficient (Wildman–Crippen LogP) is 4.58. The van der Waals surface area contributed by atoms with Crippen molar-refractivity contribution in [2.24, 2.45) is 0 Å². The van der Waals surface area contributed by atoms with Crippen LogP contribution in [0.3, 0.4) is 0 Å². The molecule has 3 aromatic rings. The Kier molecular flexibility index (Phi) is 5.54. The zero-order chi connectivity index (χ0) is 19.3. The number of nitrogens with zero attached hydrogens (tertiary/aromatic N) is 2. The van der Waals surface area contributed by atoms with E-state index in [1.807, 2.05) is 29.2 Å². The molecule has 1 aliphatic rings. The molecule has 28 heavy (non-hydrogen) atoms. The summed E-state index contributed by atoms with van der Waals surface area (Å²) in [6.07, 6.45) is 0. The van der Waals surface area contributed by atoms with Crippen molar-refractivity contribution in [1.82, 2.24) is 9.80 Å². The first-order chi connectivity index (χ1) is 13.7. The van der Waals surface area contributed by atoms with Crippen LogP contribution in [0.4, 0.5) is 0 Å². The maximum atomic E-state index is 13.5. The molecule has 1 saturated heterocycles. The van der Waals surface area contributed by atoms with Gasteiger partial charge in [0.1, 0.15) is 6.04 Å². The fourth-order valence-corrected chi connectivity index (χ4v) is 3.87. The first kappa shape index (κ1) is 18.5. The number of amides is 1. The lowest BCUT2D eigenvalue weighted by Gasteiger charge is -2.41. The highest BCUT2D eigenvalue weighted by Gasteiger charge is 2.35. The van der Waals surface area contributed by atoms with Crippen LogP contribution in [0.1, 0.15) is 28.3 Å². The Hall–Kier alpha value is -2.91. The highest BCUT2D eigenvalue weighted by molar-refractivity contribution is 5.84. The van der Waals surface area contributed by atoms with Gasteiger partial charge in [-0.2, -0.15) is 0 Å². The Bertz CT molecular complexity index is 906. The first-order valence-corrected chi connectivity index (χ1v) is 9.88. The van der Waals surface area contributed by atoms with Crippen LogP contribution in [0.25, 0.3) is 0 Å². The van der Waals surface area contributed by atoms with Crippen molar-refractivity contribution >= 4 is 5.91 Å². The second kappa shape index (κ2) is 8.41. The van der Waals surface area contributed by atoms with Crippen LogP contribution < -0.4 is 0 Å². The number of carbonyl (C=O) groups is 1. The molecule has 4 rings (SSSR count). The molecule has 0 bridgehead atoms. The lowest BCUT2D eigenvalue weighted by Crippen LogP contribution is -2.51. The van der Waals surface area contributed by atoms with Gasteiger partial charge in [-0.05, 0) is 23.6 Å². The molecule has 0 aliphatic carbocycles. The second-order valence-electron chi connectivity index (χ2n) is 7.51. The van der Waals surface area contributed by atoms with Crippen molar-refractivity contribution < 1.29 is 4.79 Å². The molecule has 1 heterocycles. The van der Waals surface area contributed by atoms with E-state index < -0.39 is 0 Å². The van der Waals surface area contributed by atoms with E-state index in [2.05, 4.69) is 72.5 Å². The van der Waals surface area contributed by atoms with Crippen molar-refractivity contribution in [3.05, 3.63) is 107 Å². The van der Waals surface area contributed by atoms with E-state index >= 15 is 0 Å². The number of aryl methyl sites for hydroxylation is 1. The Morgan fingerprint density at radius 1 is 0.750 bits per heavy atom. The Balaban J connectivity index is 1.60. The SMILES string of the molecule is Cc1ccc([C@H]2C(=O)N(Cc3ccccc3)CCN2Cc2ccccc2)cc1. The summed E-state index contributed by atoms with van der Waals surface area (Å²) in [5, 5.41) is 0. The molecule has 0 aromatic heterocycles. The highest BCUT2D eigenvalue weighted by atomic mass is 16.2. The molecule has 1 aliphatic heterocycles. The van der Waals surface area contributed by atoms with Crippen LogP contribution in [0.5, 0.6) is 0 Å². The van der Waals surface area contributed by atoms with E-state index in [9.17, 15) is 4.79 Å². The minimum atomic E-state index is -0.238. The molecule has 142 valence electrons. The number of piperazine rings is 1. The maximum Gasteiger partial charge on any atom is 0.244 e. The lowest BCUT2D eigenvalue weighted by molar-refractivity contribution is -0.143. The fourth-order valence-electron chi connectivity index (χ4n) is 3.87. The van der Waals surface area contributed by atoms with Crippen LogP contribution in [0, 0.1) is 6.92 Å². The quantitative estimate of drug-likeness (QED) is 0.656. The second-order valence-corrected chi connectivity index (χ2v) is 7.51. The van der Waals surface area contributed by atoms with E-state index in [1.54, 1.807) is 0 Å². The van der Waals surface area contributed by atoms with Gasteiger partial charge in [0.2, 0.25) is 5.91 Å². The van der Waals surface area contributed by atoms with Crippen LogP contribution in [0.2, 0.25) is 0 Å². The molecule has 3 aromatic carbocycles. The van der Waals surface area contributed by atoms with Crippen LogP contribution >= 0.6 is 0 Å². The van der Waals surface area contributed by atoms with Gasteiger partial charge in [0.05, 0.1) is 0 Å². The summed E-state index contributed by atoms with van der Waals surface area (Å²) in [5.74, 6) is 0.190. The van der Waals surface area contributed by atoms with Gasteiger partial charge < -0.3 is 4.90 Å². The van der Waals surface area contributed by atoms with Crippen LogP contribution in [0.15, 0.2) is 84.9 Å². The fraction of sp³-hybridized carbons (Fsp3) is 0.240. The van der Waals surface area contributed by atoms with Gasteiger partial charge in [0.25, 0.3) is 0 Å². The van der Waals surface area contributed by atoms with Gasteiger partial charge in [-0.15, -0.1) is 0 Å². The summed E-state index contributed by atoms with van der Waals surface area (Å²) < 4.78 is 0. The number of hydrogen-bond acceptors (Lipinski definition) is 2. The summed E-state index contributed by atoms with van der Waals surface area (Å²) in [6, 6.07) is 28.8. The molecule has 3 nitrogen and oxygen atoms in total. The van der Waals surface area contributed by atoms with Crippen molar-refractivity contribution in [3.8, 4) is 0 Å². The average Bonchev–Trinajstić information content (AvgIpc) is 2.73. The molecule has 0 unspecified atom stereocenters. The average molecular weight is 370 g/mol. The molecular weight excluding hydrogens is 344 g/mol. The zero-order valence-corrected chi connectivity index (χ0v) is 16.3. The maximum absolute atomic E-state index is 13.5. The van der Waals surface area contributed by atoms with Crippen molar-refractivity contribution in [2.45, 2.75) is 26.1 Å². The van der Waals surface area contributed by atoms with E-state index in [1.165, 1.54) is 16.7 Å². The summed E-state index contributed by atoms with van der Waals surface area (Å²) in [5.41, 5.74) is 4.70. The minimum Gasteiger partial charge on any atom is -0.335 e. The minimum absolute atomic E-state index is 0.190. The topological polar surface area (TPSA) is 23.6 Å². The van der Waals surface area contributed by atoms with Gasteiger partial charge in [-0.1, -0.05) is 90.5 Å². The summed E-state index contributed by atoms with van der Waals surface area (Å²) in [7, 11) is 0. The number of benzene rings is 3. The van der Waals surface area contributed by atoms with Crippen LogP contribution in [-0.2, 0) is 17.9 Å². The molecule has 0 spiro atoms. The Morgan fingerprint density at radius 3 is 1.93 bits per heavy atom. The number of carbonyl (C=O) groups excluding carboxylic acids is 1. The predicted molar refractivity (Wildman–Crippen MR) is 113 cm³/mol. The molecule has 1 fully saturated rings. The van der Waals surface area contributed by atoms with Gasteiger partial charge in [-0.3, -0.25) is 9.69 Å². The number of hydrogen-bond donors (Lipinski definition) is 0. The third kappa shape index (κ3) is 4.15. The molecule has 1 amide bonds. The first-order valence-electron chi connectivity index (χ1n) is 9.88. The van der Waals surface area contributed by atoms with Crippen molar-refractivity contribution in [2.75, 3.05) is 13.1 Å². The van der Waals surface area contributed by atoms with Crippen molar-refractivity contribution in [1.29, 1.82) is 0 Å². The number of rotatable bonds is 5. The van der Waals surface area contributed by atoms with Crippen LogP contribution in [-0.4, -0.2) is 28.8 Å². The smallest absolute Gasteiger partial charge is 0.244 e. The van der Waals surface area contributed by atoms with Gasteiger partial charge in [0, 0.05) is 26.2 Å². The normalized spacial score (nSPS) is 17.7. The highest BCUT2D eigenvalue weighted by Crippen LogP contribution is 2.29. The summed E-state index contributed by atoms with van der Waals surface area (Å²) >= 11 is 0. The third-order valence-electron chi connectivity index (χ3n) is 5.41. The monoisotopic (exact) mass is 370 g/mol. The molecule has 0 saturated carbocycles. The van der Waals surface area contributed by atoms with Gasteiger partial charge in [-0.25, -0.2) is 0 Å². The standard InChI is InChI=1S/C25H26N2O/c1-20-12-14-23(15-13-20)24-25(28)27(19-22-10-6-3-7-11-22)17-16-26(24)18-21-8-4-2-5-9-21/h2-15,24H,16-19H2,1H3/t24-/m0/s1. The molecule has 0 radical (unpaired) electrons. The zero-order valence-electron chi connectivity index (χ0n) is 16.3. The summed E-state index contributed by atoms with van der Waals surface area (Å²) in [4.78, 5) is 17.8. The van der Waals surface area contributed by atoms with Gasteiger partial charge in [0.15, 0.2) is 0 Å². The molecule has 1 atom stereocenters. The Morgan fingerprint density at radius 2 is 1.32 bits per heavy atom. The summed E-state index contributed by atoms with van der Waals surface area (Å²) in [6.45, 7) is 5.15. The van der Waals surface area contributed by atoms with E-state index in [4.69, 9.17) is 0 Å². The van der Waals surface area contributed by atoms with E-state index in [0.29, 0.717) is 6.54 Å². The van der Waals surface area contributed by atoms with E-state index in [-0.39, 0.29) is 11.9 Å². The molecular formula is C25H26N2O. The molecule has 0 N–H and O–H groups in total. The van der Waals surface area contributed by atoms with Crippen molar-refractivity contribution in [3.63, 3.8) is 0 Å². The van der Waals surface area contributed by atoms with Gasteiger partial charge >= 0.3 is 0 Å². The van der Waals surface area contributed by atoms with E-state index in [0.717, 1.165) is 25.2 Å². The lowest BCUT2D eigenvalue weighted by atomic mass is 9.99. The Labute approximate surface area is 167 Å².